The number of hydrogen-bond acceptors (Lipinski definition) is 5. The van der Waals surface area contributed by atoms with Crippen molar-refractivity contribution in [1.82, 2.24) is 24.6 Å². The quantitative estimate of drug-likeness (QED) is 0.443. The van der Waals surface area contributed by atoms with E-state index in [-0.39, 0.29) is 25.2 Å². The second kappa shape index (κ2) is 8.65. The predicted molar refractivity (Wildman–Crippen MR) is 140 cm³/mol. The third-order valence-corrected chi connectivity index (χ3v) is 7.96. The largest absolute Gasteiger partial charge is 0.454 e. The molecule has 0 aliphatic carbocycles. The van der Waals surface area contributed by atoms with E-state index >= 15 is 0 Å². The Bertz CT molecular complexity index is 1590. The standard InChI is InChI=1S/C29H29N5O4/c1-17-12-18(2)33(31-17)11-5-10-32-15-26(35)34-23(29(32)36)14-21-20-6-3-4-7-22(20)30-27(21)28(34)19-8-9-24-25(13-19)38-16-37-24/h3-4,6-9,12-13,23,28,30H,5,10-11,14-16H2,1-2H3/t23-,28-/m1/s1. The second-order valence-corrected chi connectivity index (χ2v) is 10.4. The molecule has 3 aliphatic rings. The Kier molecular flexibility index (Phi) is 5.21. The summed E-state index contributed by atoms with van der Waals surface area (Å²) in [7, 11) is 0. The second-order valence-electron chi connectivity index (χ2n) is 10.4. The van der Waals surface area contributed by atoms with Gasteiger partial charge in [-0.05, 0) is 55.7 Å². The first-order valence-electron chi connectivity index (χ1n) is 13.1. The van der Waals surface area contributed by atoms with Gasteiger partial charge in [0.2, 0.25) is 18.6 Å². The Hall–Kier alpha value is -4.27. The van der Waals surface area contributed by atoms with Gasteiger partial charge in [0.15, 0.2) is 11.5 Å². The van der Waals surface area contributed by atoms with Crippen LogP contribution in [-0.4, -0.2) is 62.3 Å². The molecule has 9 heteroatoms. The van der Waals surface area contributed by atoms with Gasteiger partial charge in [0.1, 0.15) is 6.04 Å². The number of benzene rings is 2. The molecule has 9 nitrogen and oxygen atoms in total. The van der Waals surface area contributed by atoms with Gasteiger partial charge in [0.05, 0.1) is 18.3 Å². The molecular weight excluding hydrogens is 482 g/mol. The first-order valence-corrected chi connectivity index (χ1v) is 13.1. The summed E-state index contributed by atoms with van der Waals surface area (Å²) in [5, 5.41) is 5.62. The topological polar surface area (TPSA) is 92.7 Å². The van der Waals surface area contributed by atoms with Crippen LogP contribution in [0.3, 0.4) is 0 Å². The lowest BCUT2D eigenvalue weighted by molar-refractivity contribution is -0.158. The van der Waals surface area contributed by atoms with Crippen LogP contribution in [0.15, 0.2) is 48.5 Å². The van der Waals surface area contributed by atoms with E-state index < -0.39 is 12.1 Å². The molecular formula is C29H29N5O4. The molecule has 1 saturated heterocycles. The molecule has 0 saturated carbocycles. The number of rotatable bonds is 5. The number of carbonyl (C=O) groups excluding carboxylic acids is 2. The van der Waals surface area contributed by atoms with Gasteiger partial charge in [-0.3, -0.25) is 14.3 Å². The fraction of sp³-hybridized carbons (Fsp3) is 0.345. The van der Waals surface area contributed by atoms with E-state index in [4.69, 9.17) is 9.47 Å². The van der Waals surface area contributed by atoms with Crippen molar-refractivity contribution in [1.29, 1.82) is 0 Å². The molecule has 1 fully saturated rings. The number of nitrogens with one attached hydrogen (secondary N) is 1. The van der Waals surface area contributed by atoms with Crippen LogP contribution in [0.25, 0.3) is 10.9 Å². The van der Waals surface area contributed by atoms with E-state index in [0.717, 1.165) is 45.5 Å². The van der Waals surface area contributed by atoms with Crippen LogP contribution in [0.1, 0.15) is 40.7 Å². The summed E-state index contributed by atoms with van der Waals surface area (Å²) in [5.41, 5.74) is 6.03. The minimum Gasteiger partial charge on any atom is -0.454 e. The zero-order chi connectivity index (χ0) is 26.0. The van der Waals surface area contributed by atoms with Crippen molar-refractivity contribution in [2.24, 2.45) is 0 Å². The number of amides is 2. The van der Waals surface area contributed by atoms with Crippen LogP contribution in [-0.2, 0) is 22.6 Å². The van der Waals surface area contributed by atoms with E-state index in [1.165, 1.54) is 0 Å². The number of fused-ring (bicyclic) bond motifs is 5. The van der Waals surface area contributed by atoms with E-state index in [9.17, 15) is 9.59 Å². The number of para-hydroxylation sites is 1. The summed E-state index contributed by atoms with van der Waals surface area (Å²) < 4.78 is 13.1. The molecule has 1 N–H and O–H groups in total. The molecule has 0 bridgehead atoms. The summed E-state index contributed by atoms with van der Waals surface area (Å²) in [6.45, 7) is 5.48. The predicted octanol–water partition coefficient (Wildman–Crippen LogP) is 3.49. The molecule has 2 atom stereocenters. The van der Waals surface area contributed by atoms with Crippen LogP contribution in [0.2, 0.25) is 0 Å². The maximum atomic E-state index is 13.9. The highest BCUT2D eigenvalue weighted by Crippen LogP contribution is 2.44. The van der Waals surface area contributed by atoms with E-state index in [1.807, 2.05) is 61.0 Å². The van der Waals surface area contributed by atoms with Crippen LogP contribution in [0, 0.1) is 13.8 Å². The summed E-state index contributed by atoms with van der Waals surface area (Å²) in [4.78, 5) is 34.8. The van der Waals surface area contributed by atoms with Gasteiger partial charge in [0.25, 0.3) is 0 Å². The van der Waals surface area contributed by atoms with Gasteiger partial charge in [-0.25, -0.2) is 0 Å². The Morgan fingerprint density at radius 3 is 2.71 bits per heavy atom. The molecule has 0 unspecified atom stereocenters. The molecule has 38 heavy (non-hydrogen) atoms. The fourth-order valence-corrected chi connectivity index (χ4v) is 6.25. The molecule has 0 radical (unpaired) electrons. The molecule has 0 spiro atoms. The highest BCUT2D eigenvalue weighted by atomic mass is 16.7. The smallest absolute Gasteiger partial charge is 0.246 e. The Balaban J connectivity index is 1.23. The SMILES string of the molecule is Cc1cc(C)n(CCCN2CC(=O)N3[C@H](c4ccc5c(c4)OCO5)c4[nH]c5ccccc5c4C[C@@H]3C2=O)n1. The number of aromatic amines is 1. The zero-order valence-electron chi connectivity index (χ0n) is 21.4. The normalized spacial score (nSPS) is 20.3. The first-order chi connectivity index (χ1) is 18.5. The van der Waals surface area contributed by atoms with Crippen molar-refractivity contribution in [3.63, 3.8) is 0 Å². The van der Waals surface area contributed by atoms with Crippen LogP contribution in [0.4, 0.5) is 0 Å². The van der Waals surface area contributed by atoms with Crippen molar-refractivity contribution in [2.45, 2.75) is 45.3 Å². The van der Waals surface area contributed by atoms with Crippen LogP contribution in [0.5, 0.6) is 11.5 Å². The zero-order valence-corrected chi connectivity index (χ0v) is 21.4. The maximum absolute atomic E-state index is 13.9. The van der Waals surface area contributed by atoms with Gasteiger partial charge in [0, 0.05) is 41.8 Å². The van der Waals surface area contributed by atoms with Crippen molar-refractivity contribution < 1.29 is 19.1 Å². The molecule has 2 aromatic heterocycles. The monoisotopic (exact) mass is 511 g/mol. The molecule has 2 aromatic carbocycles. The lowest BCUT2D eigenvalue weighted by atomic mass is 9.86. The summed E-state index contributed by atoms with van der Waals surface area (Å²) in [6, 6.07) is 15.0. The number of ether oxygens (including phenoxy) is 2. The number of nitrogens with zero attached hydrogens (tertiary/aromatic N) is 4. The molecule has 5 heterocycles. The van der Waals surface area contributed by atoms with Crippen LogP contribution >= 0.6 is 0 Å². The number of hydrogen-bond donors (Lipinski definition) is 1. The highest BCUT2D eigenvalue weighted by Gasteiger charge is 2.48. The average molecular weight is 512 g/mol. The van der Waals surface area contributed by atoms with Gasteiger partial charge in [-0.1, -0.05) is 24.3 Å². The summed E-state index contributed by atoms with van der Waals surface area (Å²) in [5.74, 6) is 1.30. The van der Waals surface area contributed by atoms with Crippen molar-refractivity contribution in [3.05, 3.63) is 76.7 Å². The Morgan fingerprint density at radius 2 is 1.87 bits per heavy atom. The van der Waals surface area contributed by atoms with Gasteiger partial charge >= 0.3 is 0 Å². The minimum absolute atomic E-state index is 0.000331. The Labute approximate surface area is 219 Å². The van der Waals surface area contributed by atoms with Crippen LogP contribution < -0.4 is 9.47 Å². The fourth-order valence-electron chi connectivity index (χ4n) is 6.25. The van der Waals surface area contributed by atoms with Crippen molar-refractivity contribution in [2.75, 3.05) is 19.9 Å². The molecule has 2 amide bonds. The lowest BCUT2D eigenvalue weighted by Gasteiger charge is -2.47. The first kappa shape index (κ1) is 22.9. The highest BCUT2D eigenvalue weighted by molar-refractivity contribution is 5.97. The number of aromatic nitrogens is 3. The van der Waals surface area contributed by atoms with E-state index in [1.54, 1.807) is 9.80 Å². The molecule has 3 aliphatic heterocycles. The van der Waals surface area contributed by atoms with Gasteiger partial charge < -0.3 is 24.3 Å². The lowest BCUT2D eigenvalue weighted by Crippen LogP contribution is -2.63. The average Bonchev–Trinajstić information content (AvgIpc) is 3.61. The van der Waals surface area contributed by atoms with E-state index in [0.29, 0.717) is 31.0 Å². The third kappa shape index (κ3) is 3.56. The van der Waals surface area contributed by atoms with E-state index in [2.05, 4.69) is 16.1 Å². The Morgan fingerprint density at radius 1 is 1.03 bits per heavy atom. The summed E-state index contributed by atoms with van der Waals surface area (Å²) >= 11 is 0. The third-order valence-electron chi connectivity index (χ3n) is 7.96. The number of piperazine rings is 1. The van der Waals surface area contributed by atoms with Gasteiger partial charge in [-0.15, -0.1) is 0 Å². The maximum Gasteiger partial charge on any atom is 0.246 e. The van der Waals surface area contributed by atoms with Crippen molar-refractivity contribution in [3.8, 4) is 11.5 Å². The van der Waals surface area contributed by atoms with Gasteiger partial charge in [-0.2, -0.15) is 5.10 Å². The molecule has 4 aromatic rings. The molecule has 194 valence electrons. The molecule has 7 rings (SSSR count). The number of carbonyl (C=O) groups is 2. The van der Waals surface area contributed by atoms with Crippen molar-refractivity contribution >= 4 is 22.7 Å². The number of H-pyrrole nitrogens is 1. The number of aryl methyl sites for hydroxylation is 3. The summed E-state index contributed by atoms with van der Waals surface area (Å²) in [6.07, 6.45) is 1.22. The minimum atomic E-state index is -0.563.